The average Bonchev–Trinajstić information content (AvgIpc) is 2.95. The van der Waals surface area contributed by atoms with Crippen LogP contribution in [0.15, 0.2) is 0 Å². The molecular weight excluding hydrogens is 510 g/mol. The fraction of sp³-hybridized carbons (Fsp3) is 0.917. The summed E-state index contributed by atoms with van der Waals surface area (Å²) in [6.45, 7) is 4.76. The largest absolute Gasteiger partial charge is 0.481 e. The molecule has 0 aliphatic carbocycles. The summed E-state index contributed by atoms with van der Waals surface area (Å²) in [5.74, 6) is -1.10. The number of carboxylic acids is 1. The lowest BCUT2D eigenvalue weighted by molar-refractivity contribution is -0.146. The number of nitrogens with zero attached hydrogens (tertiary/aromatic N) is 1. The molecule has 5 heteroatoms. The van der Waals surface area contributed by atoms with Gasteiger partial charge in [-0.15, -0.1) is 0 Å². The van der Waals surface area contributed by atoms with Crippen molar-refractivity contribution in [3.8, 4) is 0 Å². The van der Waals surface area contributed by atoms with Crippen LogP contribution in [0.5, 0.6) is 0 Å². The molecule has 0 rings (SSSR count). The fourth-order valence-corrected chi connectivity index (χ4v) is 5.63. The van der Waals surface area contributed by atoms with E-state index in [9.17, 15) is 14.4 Å². The first kappa shape index (κ1) is 39.6. The first-order valence-electron chi connectivity index (χ1n) is 18.1. The van der Waals surface area contributed by atoms with E-state index >= 15 is 0 Å². The lowest BCUT2D eigenvalue weighted by Gasteiger charge is -2.21. The quantitative estimate of drug-likeness (QED) is 0.0804. The van der Waals surface area contributed by atoms with Gasteiger partial charge in [-0.05, 0) is 19.3 Å². The van der Waals surface area contributed by atoms with Crippen molar-refractivity contribution in [3.05, 3.63) is 0 Å². The zero-order chi connectivity index (χ0) is 30.2. The molecule has 0 aromatic carbocycles. The van der Waals surface area contributed by atoms with E-state index in [1.54, 1.807) is 0 Å². The molecule has 41 heavy (non-hydrogen) atoms. The summed E-state index contributed by atoms with van der Waals surface area (Å²) in [6, 6.07) is 0. The Kier molecular flexibility index (Phi) is 30.5. The van der Waals surface area contributed by atoms with Gasteiger partial charge in [0.25, 0.3) is 0 Å². The van der Waals surface area contributed by atoms with Gasteiger partial charge >= 0.3 is 5.97 Å². The Morgan fingerprint density at radius 3 is 0.927 bits per heavy atom. The van der Waals surface area contributed by atoms with Crippen molar-refractivity contribution in [2.45, 2.75) is 206 Å². The molecule has 0 aliphatic heterocycles. The molecule has 0 radical (unpaired) electrons. The van der Waals surface area contributed by atoms with Crippen molar-refractivity contribution in [3.63, 3.8) is 0 Å². The van der Waals surface area contributed by atoms with Crippen molar-refractivity contribution in [2.24, 2.45) is 0 Å². The highest BCUT2D eigenvalue weighted by Crippen LogP contribution is 2.16. The third-order valence-corrected chi connectivity index (χ3v) is 8.36. The molecule has 0 spiro atoms. The summed E-state index contributed by atoms with van der Waals surface area (Å²) in [6.07, 6.45) is 33.8. The van der Waals surface area contributed by atoms with Crippen LogP contribution in [0.3, 0.4) is 0 Å². The molecule has 0 atom stereocenters. The molecule has 0 aliphatic rings. The van der Waals surface area contributed by atoms with Crippen molar-refractivity contribution in [1.29, 1.82) is 0 Å². The highest BCUT2D eigenvalue weighted by molar-refractivity contribution is 5.95. The van der Waals surface area contributed by atoms with Crippen molar-refractivity contribution >= 4 is 17.8 Å². The highest BCUT2D eigenvalue weighted by Gasteiger charge is 2.20. The summed E-state index contributed by atoms with van der Waals surface area (Å²) in [5, 5.41) is 8.99. The van der Waals surface area contributed by atoms with Crippen LogP contribution in [-0.2, 0) is 14.4 Å². The molecule has 0 saturated heterocycles. The third-order valence-electron chi connectivity index (χ3n) is 8.36. The number of carbonyl (C=O) groups is 3. The van der Waals surface area contributed by atoms with E-state index in [1.807, 2.05) is 0 Å². The van der Waals surface area contributed by atoms with Gasteiger partial charge in [-0.1, -0.05) is 168 Å². The van der Waals surface area contributed by atoms with Crippen LogP contribution in [0.1, 0.15) is 206 Å². The molecule has 0 heterocycles. The second-order valence-corrected chi connectivity index (χ2v) is 12.4. The minimum Gasteiger partial charge on any atom is -0.481 e. The van der Waals surface area contributed by atoms with Crippen molar-refractivity contribution in [2.75, 3.05) is 6.54 Å². The van der Waals surface area contributed by atoms with Gasteiger partial charge in [0.05, 0.1) is 0 Å². The van der Waals surface area contributed by atoms with Crippen LogP contribution in [-0.4, -0.2) is 34.3 Å². The molecule has 0 bridgehead atoms. The van der Waals surface area contributed by atoms with Gasteiger partial charge in [-0.2, -0.15) is 0 Å². The average molecular weight is 580 g/mol. The predicted molar refractivity (Wildman–Crippen MR) is 174 cm³/mol. The predicted octanol–water partition coefficient (Wildman–Crippen LogP) is 11.2. The Bertz CT molecular complexity index is 564. The van der Waals surface area contributed by atoms with Crippen LogP contribution >= 0.6 is 0 Å². The maximum Gasteiger partial charge on any atom is 0.303 e. The summed E-state index contributed by atoms with van der Waals surface area (Å²) in [4.78, 5) is 38.0. The van der Waals surface area contributed by atoms with Gasteiger partial charge in [0.2, 0.25) is 11.8 Å². The van der Waals surface area contributed by atoms with Gasteiger partial charge in [-0.25, -0.2) is 0 Å². The molecule has 0 unspecified atom stereocenters. The van der Waals surface area contributed by atoms with Gasteiger partial charge in [0.1, 0.15) is 0 Å². The van der Waals surface area contributed by atoms with Crippen LogP contribution in [0.25, 0.3) is 0 Å². The Labute approximate surface area is 255 Å². The standard InChI is InChI=1S/C36H69NO4/c1-3-5-7-9-11-13-15-17-19-21-23-25-27-30-34(38)37(33-29-32-36(40)41)35(39)31-28-26-24-22-20-18-16-14-12-10-8-6-4-2/h3-33H2,1-2H3,(H,40,41). The van der Waals surface area contributed by atoms with E-state index in [-0.39, 0.29) is 24.8 Å². The molecule has 0 aromatic rings. The minimum atomic E-state index is -0.877. The summed E-state index contributed by atoms with van der Waals surface area (Å²) in [5.41, 5.74) is 0. The maximum atomic E-state index is 12.9. The SMILES string of the molecule is CCCCCCCCCCCCCCCC(=O)N(CCCC(=O)O)C(=O)CCCCCCCCCCCCCCC. The molecule has 0 aromatic heterocycles. The van der Waals surface area contributed by atoms with Gasteiger partial charge < -0.3 is 5.11 Å². The summed E-state index contributed by atoms with van der Waals surface area (Å²) >= 11 is 0. The second kappa shape index (κ2) is 31.5. The van der Waals surface area contributed by atoms with E-state index in [1.165, 1.54) is 133 Å². The van der Waals surface area contributed by atoms with Gasteiger partial charge in [-0.3, -0.25) is 19.3 Å². The Morgan fingerprint density at radius 2 is 0.659 bits per heavy atom. The Morgan fingerprint density at radius 1 is 0.390 bits per heavy atom. The second-order valence-electron chi connectivity index (χ2n) is 12.4. The number of rotatable bonds is 32. The number of aliphatic carboxylic acids is 1. The number of carboxylic acid groups (broad SMARTS) is 1. The number of carbonyl (C=O) groups excluding carboxylic acids is 2. The van der Waals surface area contributed by atoms with Crippen LogP contribution in [0.2, 0.25) is 0 Å². The number of imide groups is 1. The minimum absolute atomic E-state index is 0.00542. The number of hydrogen-bond acceptors (Lipinski definition) is 3. The zero-order valence-corrected chi connectivity index (χ0v) is 27.5. The Balaban J connectivity index is 3.98. The van der Waals surface area contributed by atoms with Crippen LogP contribution in [0, 0.1) is 0 Å². The van der Waals surface area contributed by atoms with Crippen LogP contribution < -0.4 is 0 Å². The van der Waals surface area contributed by atoms with E-state index in [4.69, 9.17) is 5.11 Å². The van der Waals surface area contributed by atoms with Crippen LogP contribution in [0.4, 0.5) is 0 Å². The molecule has 1 N–H and O–H groups in total. The molecule has 0 fully saturated rings. The number of amides is 2. The number of hydrogen-bond donors (Lipinski definition) is 1. The van der Waals surface area contributed by atoms with E-state index in [2.05, 4.69) is 13.8 Å². The normalized spacial score (nSPS) is 11.2. The first-order valence-corrected chi connectivity index (χ1v) is 18.1. The van der Waals surface area contributed by atoms with E-state index < -0.39 is 5.97 Å². The molecule has 0 saturated carbocycles. The van der Waals surface area contributed by atoms with Crippen molar-refractivity contribution in [1.82, 2.24) is 4.90 Å². The smallest absolute Gasteiger partial charge is 0.303 e. The first-order chi connectivity index (χ1) is 20.0. The van der Waals surface area contributed by atoms with Crippen molar-refractivity contribution < 1.29 is 19.5 Å². The highest BCUT2D eigenvalue weighted by atomic mass is 16.4. The van der Waals surface area contributed by atoms with E-state index in [0.29, 0.717) is 19.3 Å². The maximum absolute atomic E-state index is 12.9. The molecule has 242 valence electrons. The van der Waals surface area contributed by atoms with E-state index in [0.717, 1.165) is 38.5 Å². The number of unbranched alkanes of at least 4 members (excludes halogenated alkanes) is 24. The fourth-order valence-electron chi connectivity index (χ4n) is 5.63. The lowest BCUT2D eigenvalue weighted by Crippen LogP contribution is -2.37. The van der Waals surface area contributed by atoms with Gasteiger partial charge in [0.15, 0.2) is 0 Å². The molecule has 5 nitrogen and oxygen atoms in total. The zero-order valence-electron chi connectivity index (χ0n) is 27.5. The monoisotopic (exact) mass is 580 g/mol. The summed E-state index contributed by atoms with van der Waals surface area (Å²) in [7, 11) is 0. The summed E-state index contributed by atoms with van der Waals surface area (Å²) < 4.78 is 0. The Hall–Kier alpha value is -1.39. The van der Waals surface area contributed by atoms with Gasteiger partial charge in [0, 0.05) is 25.8 Å². The topological polar surface area (TPSA) is 74.7 Å². The molecule has 2 amide bonds. The lowest BCUT2D eigenvalue weighted by atomic mass is 10.0. The third kappa shape index (κ3) is 28.5. The molecular formula is C36H69NO4.